The number of carbonyl (C=O) groups excluding carboxylic acids is 3. The molecule has 33 heavy (non-hydrogen) atoms. The van der Waals surface area contributed by atoms with Gasteiger partial charge in [-0.15, -0.1) is 6.42 Å². The number of thioether (sulfide) groups is 1. The zero-order chi connectivity index (χ0) is 24.1. The molecule has 0 aliphatic carbocycles. The number of carbonyl (C=O) groups is 3. The summed E-state index contributed by atoms with van der Waals surface area (Å²) in [5.41, 5.74) is 3.23. The van der Waals surface area contributed by atoms with Crippen molar-refractivity contribution >= 4 is 52.2 Å². The molecule has 0 spiro atoms. The molecule has 1 fully saturated rings. The fraction of sp³-hybridized carbons (Fsp3) is 0.208. The summed E-state index contributed by atoms with van der Waals surface area (Å²) in [7, 11) is 1.44. The first kappa shape index (κ1) is 24.2. The van der Waals surface area contributed by atoms with Gasteiger partial charge in [0, 0.05) is 5.69 Å². The molecule has 9 heteroatoms. The predicted molar refractivity (Wildman–Crippen MR) is 130 cm³/mol. The van der Waals surface area contributed by atoms with E-state index in [9.17, 15) is 14.4 Å². The Morgan fingerprint density at radius 3 is 2.67 bits per heavy atom. The highest BCUT2D eigenvalue weighted by Crippen LogP contribution is 2.39. The topological polar surface area (TPSA) is 84.9 Å². The summed E-state index contributed by atoms with van der Waals surface area (Å²) in [6.45, 7) is 3.52. The summed E-state index contributed by atoms with van der Waals surface area (Å²) >= 11 is 7.01. The van der Waals surface area contributed by atoms with E-state index in [-0.39, 0.29) is 22.3 Å². The zero-order valence-corrected chi connectivity index (χ0v) is 19.8. The molecule has 1 N–H and O–H groups in total. The number of nitrogens with one attached hydrogen (secondary N) is 1. The minimum absolute atomic E-state index is 0.0124. The van der Waals surface area contributed by atoms with Crippen molar-refractivity contribution in [2.24, 2.45) is 0 Å². The number of amides is 3. The van der Waals surface area contributed by atoms with Gasteiger partial charge in [0.1, 0.15) is 13.2 Å². The summed E-state index contributed by atoms with van der Waals surface area (Å²) in [5, 5.41) is 2.42. The third-order valence-electron chi connectivity index (χ3n) is 4.82. The van der Waals surface area contributed by atoms with Crippen LogP contribution in [0, 0.1) is 26.2 Å². The Bertz CT molecular complexity index is 1200. The summed E-state index contributed by atoms with van der Waals surface area (Å²) in [6.07, 6.45) is 6.72. The monoisotopic (exact) mass is 484 g/mol. The lowest BCUT2D eigenvalue weighted by atomic mass is 10.1. The summed E-state index contributed by atoms with van der Waals surface area (Å²) in [4.78, 5) is 38.7. The number of ether oxygens (including phenoxy) is 2. The molecule has 1 aliphatic heterocycles. The number of imide groups is 1. The molecule has 3 amide bonds. The third-order valence-corrected chi connectivity index (χ3v) is 6.00. The molecule has 2 aromatic carbocycles. The van der Waals surface area contributed by atoms with Crippen molar-refractivity contribution in [2.75, 3.05) is 25.6 Å². The second-order valence-electron chi connectivity index (χ2n) is 7.14. The van der Waals surface area contributed by atoms with E-state index in [1.807, 2.05) is 26.0 Å². The van der Waals surface area contributed by atoms with Crippen molar-refractivity contribution in [1.82, 2.24) is 4.90 Å². The maximum atomic E-state index is 12.8. The average molecular weight is 485 g/mol. The summed E-state index contributed by atoms with van der Waals surface area (Å²) < 4.78 is 10.7. The SMILES string of the molecule is C#CCOc1c(Cl)cc(C=C2SC(=O)N(CC(=O)Nc3ccc(C)c(C)c3)C2=O)cc1OC. The largest absolute Gasteiger partial charge is 0.493 e. The van der Waals surface area contributed by atoms with Gasteiger partial charge in [-0.3, -0.25) is 19.3 Å². The molecule has 3 rings (SSSR count). The van der Waals surface area contributed by atoms with Crippen molar-refractivity contribution < 1.29 is 23.9 Å². The highest BCUT2D eigenvalue weighted by molar-refractivity contribution is 8.18. The van der Waals surface area contributed by atoms with E-state index in [0.29, 0.717) is 17.0 Å². The fourth-order valence-corrected chi connectivity index (χ4v) is 4.14. The van der Waals surface area contributed by atoms with Crippen LogP contribution in [0.1, 0.15) is 16.7 Å². The van der Waals surface area contributed by atoms with Gasteiger partial charge < -0.3 is 14.8 Å². The van der Waals surface area contributed by atoms with Crippen LogP contribution in [0.2, 0.25) is 5.02 Å². The maximum Gasteiger partial charge on any atom is 0.294 e. The number of hydrogen-bond donors (Lipinski definition) is 1. The highest BCUT2D eigenvalue weighted by Gasteiger charge is 2.36. The van der Waals surface area contributed by atoms with Gasteiger partial charge in [-0.05, 0) is 72.6 Å². The molecule has 1 aliphatic rings. The second-order valence-corrected chi connectivity index (χ2v) is 8.54. The minimum Gasteiger partial charge on any atom is -0.493 e. The number of terminal acetylenes is 1. The van der Waals surface area contributed by atoms with E-state index in [1.165, 1.54) is 13.2 Å². The number of halogens is 1. The fourth-order valence-electron chi connectivity index (χ4n) is 3.03. The number of methoxy groups -OCH3 is 1. The molecular formula is C24H21ClN2O5S. The van der Waals surface area contributed by atoms with E-state index in [2.05, 4.69) is 11.2 Å². The zero-order valence-electron chi connectivity index (χ0n) is 18.2. The van der Waals surface area contributed by atoms with E-state index in [0.717, 1.165) is 27.8 Å². The molecule has 0 bridgehead atoms. The van der Waals surface area contributed by atoms with Gasteiger partial charge in [0.15, 0.2) is 11.5 Å². The first-order valence-corrected chi connectivity index (χ1v) is 11.0. The van der Waals surface area contributed by atoms with Crippen LogP contribution in [-0.4, -0.2) is 42.2 Å². The third kappa shape index (κ3) is 5.69. The van der Waals surface area contributed by atoms with E-state index < -0.39 is 23.6 Å². The Labute approximate surface area is 201 Å². The van der Waals surface area contributed by atoms with Gasteiger partial charge >= 0.3 is 0 Å². The van der Waals surface area contributed by atoms with E-state index in [1.54, 1.807) is 18.2 Å². The number of anilines is 1. The molecule has 2 aromatic rings. The number of aryl methyl sites for hydroxylation is 2. The van der Waals surface area contributed by atoms with Gasteiger partial charge in [0.2, 0.25) is 5.91 Å². The summed E-state index contributed by atoms with van der Waals surface area (Å²) in [6, 6.07) is 8.65. The highest BCUT2D eigenvalue weighted by atomic mass is 35.5. The van der Waals surface area contributed by atoms with Crippen LogP contribution in [0.3, 0.4) is 0 Å². The molecule has 0 aromatic heterocycles. The lowest BCUT2D eigenvalue weighted by molar-refractivity contribution is -0.127. The van der Waals surface area contributed by atoms with Crippen LogP contribution >= 0.6 is 23.4 Å². The van der Waals surface area contributed by atoms with Crippen molar-refractivity contribution in [3.63, 3.8) is 0 Å². The van der Waals surface area contributed by atoms with Crippen LogP contribution in [0.4, 0.5) is 10.5 Å². The Kier molecular flexibility index (Phi) is 7.69. The van der Waals surface area contributed by atoms with Gasteiger partial charge in [0.05, 0.1) is 17.0 Å². The number of nitrogens with zero attached hydrogens (tertiary/aromatic N) is 1. The first-order chi connectivity index (χ1) is 15.7. The first-order valence-electron chi connectivity index (χ1n) is 9.79. The minimum atomic E-state index is -0.567. The number of hydrogen-bond acceptors (Lipinski definition) is 6. The molecule has 7 nitrogen and oxygen atoms in total. The molecule has 1 heterocycles. The maximum absolute atomic E-state index is 12.8. The molecule has 1 saturated heterocycles. The normalized spacial score (nSPS) is 14.4. The standard InChI is InChI=1S/C24H21ClN2O5S/c1-5-8-32-22-18(25)10-16(11-19(22)31-4)12-20-23(29)27(24(30)33-20)13-21(28)26-17-7-6-14(2)15(3)9-17/h1,6-7,9-12H,8,13H2,2-4H3,(H,26,28). The predicted octanol–water partition coefficient (Wildman–Crippen LogP) is 4.65. The van der Waals surface area contributed by atoms with Crippen LogP contribution in [0.25, 0.3) is 6.08 Å². The van der Waals surface area contributed by atoms with Crippen molar-refractivity contribution in [3.8, 4) is 23.8 Å². The Morgan fingerprint density at radius 1 is 1.24 bits per heavy atom. The number of rotatable bonds is 7. The molecular weight excluding hydrogens is 464 g/mol. The Balaban J connectivity index is 1.75. The van der Waals surface area contributed by atoms with E-state index in [4.69, 9.17) is 27.5 Å². The van der Waals surface area contributed by atoms with Crippen LogP contribution < -0.4 is 14.8 Å². The van der Waals surface area contributed by atoms with Gasteiger partial charge in [-0.25, -0.2) is 0 Å². The molecule has 0 saturated carbocycles. The number of benzene rings is 2. The second kappa shape index (κ2) is 10.5. The molecule has 0 atom stereocenters. The van der Waals surface area contributed by atoms with Gasteiger partial charge in [0.25, 0.3) is 11.1 Å². The lowest BCUT2D eigenvalue weighted by Crippen LogP contribution is -2.36. The quantitative estimate of drug-likeness (QED) is 0.454. The smallest absolute Gasteiger partial charge is 0.294 e. The van der Waals surface area contributed by atoms with Crippen LogP contribution in [0.15, 0.2) is 35.2 Å². The van der Waals surface area contributed by atoms with Gasteiger partial charge in [-0.1, -0.05) is 23.6 Å². The molecule has 170 valence electrons. The average Bonchev–Trinajstić information content (AvgIpc) is 3.02. The summed E-state index contributed by atoms with van der Waals surface area (Å²) in [5.74, 6) is 1.92. The van der Waals surface area contributed by atoms with E-state index >= 15 is 0 Å². The molecule has 0 unspecified atom stereocenters. The van der Waals surface area contributed by atoms with Crippen LogP contribution in [0.5, 0.6) is 11.5 Å². The Morgan fingerprint density at radius 2 is 2.00 bits per heavy atom. The lowest BCUT2D eigenvalue weighted by Gasteiger charge is -2.13. The van der Waals surface area contributed by atoms with Crippen molar-refractivity contribution in [3.05, 3.63) is 56.9 Å². The van der Waals surface area contributed by atoms with Gasteiger partial charge in [-0.2, -0.15) is 0 Å². The van der Waals surface area contributed by atoms with Crippen molar-refractivity contribution in [2.45, 2.75) is 13.8 Å². The van der Waals surface area contributed by atoms with Crippen molar-refractivity contribution in [1.29, 1.82) is 0 Å². The van der Waals surface area contributed by atoms with Crippen LogP contribution in [-0.2, 0) is 9.59 Å². The Hall–Kier alpha value is -3.41. The molecule has 0 radical (unpaired) electrons.